The van der Waals surface area contributed by atoms with Gasteiger partial charge in [-0.3, -0.25) is 19.2 Å². The minimum absolute atomic E-state index is 0.0261. The van der Waals surface area contributed by atoms with Crippen molar-refractivity contribution in [1.29, 1.82) is 0 Å². The van der Waals surface area contributed by atoms with Gasteiger partial charge in [0.15, 0.2) is 5.78 Å². The molecule has 10 atom stereocenters. The van der Waals surface area contributed by atoms with E-state index in [1.165, 1.54) is 6.92 Å². The zero-order valence-electron chi connectivity index (χ0n) is 24.7. The molecule has 11 nitrogen and oxygen atoms in total. The molecular weight excluding hydrogens is 524 g/mol. The summed E-state index contributed by atoms with van der Waals surface area (Å²) in [6.45, 7) is 14.2. The molecule has 11 heteroatoms. The van der Waals surface area contributed by atoms with Gasteiger partial charge >= 0.3 is 17.9 Å². The Labute approximate surface area is 234 Å². The average Bonchev–Trinajstić information content (AvgIpc) is 2.86. The van der Waals surface area contributed by atoms with Crippen molar-refractivity contribution in [3.8, 4) is 0 Å². The largest absolute Gasteiger partial charge is 0.469 e. The van der Waals surface area contributed by atoms with Crippen LogP contribution in [0.25, 0.3) is 0 Å². The highest BCUT2D eigenvalue weighted by Gasteiger charge is 2.77. The molecule has 0 aromatic heterocycles. The first-order valence-corrected chi connectivity index (χ1v) is 13.3. The van der Waals surface area contributed by atoms with Gasteiger partial charge in [0.2, 0.25) is 5.60 Å². The lowest BCUT2D eigenvalue weighted by Crippen LogP contribution is -2.77. The number of allylic oxidation sites excluding steroid dienone is 1. The van der Waals surface area contributed by atoms with Crippen molar-refractivity contribution in [3.63, 3.8) is 0 Å². The molecule has 224 valence electrons. The van der Waals surface area contributed by atoms with Gasteiger partial charge in [0.1, 0.15) is 11.9 Å². The molecule has 3 rings (SSSR count). The van der Waals surface area contributed by atoms with Crippen molar-refractivity contribution in [2.24, 2.45) is 39.4 Å². The standard InChI is InChI=1S/C29H42O11/c1-13-11-15-27(6)17(32)12-16(31)25(3,4)19(27)18(40-14(2)30)21(33)28(15,7)20(22(34)38-9)26(13,5)23(35)29(8,37)24(36)39-10/h15,17-21,32-33,37H,1,11-12H2,2-10H3. The van der Waals surface area contributed by atoms with E-state index in [2.05, 4.69) is 11.3 Å². The van der Waals surface area contributed by atoms with E-state index in [0.717, 1.165) is 28.1 Å². The molecule has 3 saturated carbocycles. The third kappa shape index (κ3) is 3.91. The third-order valence-electron chi connectivity index (χ3n) is 10.7. The Hall–Kier alpha value is -2.63. The second-order valence-corrected chi connectivity index (χ2v) is 13.0. The lowest BCUT2D eigenvalue weighted by molar-refractivity contribution is -0.288. The fourth-order valence-corrected chi connectivity index (χ4v) is 8.56. The van der Waals surface area contributed by atoms with Crippen molar-refractivity contribution in [3.05, 3.63) is 12.2 Å². The van der Waals surface area contributed by atoms with Gasteiger partial charge in [0.25, 0.3) is 0 Å². The number of hydrogen-bond acceptors (Lipinski definition) is 11. The number of carbonyl (C=O) groups is 5. The van der Waals surface area contributed by atoms with Gasteiger partial charge in [-0.05, 0) is 26.2 Å². The zero-order chi connectivity index (χ0) is 31.0. The molecule has 0 aromatic carbocycles. The minimum atomic E-state index is -2.69. The van der Waals surface area contributed by atoms with Crippen LogP contribution in [-0.2, 0) is 38.2 Å². The minimum Gasteiger partial charge on any atom is -0.469 e. The zero-order valence-corrected chi connectivity index (χ0v) is 24.7. The molecule has 3 aliphatic rings. The van der Waals surface area contributed by atoms with Crippen molar-refractivity contribution in [2.75, 3.05) is 14.2 Å². The first-order valence-electron chi connectivity index (χ1n) is 13.3. The van der Waals surface area contributed by atoms with Gasteiger partial charge in [0.05, 0.1) is 37.8 Å². The maximum Gasteiger partial charge on any atom is 0.345 e. The van der Waals surface area contributed by atoms with Crippen molar-refractivity contribution < 1.29 is 53.5 Å². The molecule has 0 aromatic rings. The fraction of sp³-hybridized carbons (Fsp3) is 0.759. The SMILES string of the molecule is C=C1CC2C3(C)C(O)CC(=O)C(C)(C)C3C(OC(C)=O)C(O)C2(C)C(C(=O)OC)C1(C)C(=O)C(C)(O)C(=O)OC. The van der Waals surface area contributed by atoms with E-state index in [0.29, 0.717) is 0 Å². The number of ketones is 2. The highest BCUT2D eigenvalue weighted by Crippen LogP contribution is 2.71. The summed E-state index contributed by atoms with van der Waals surface area (Å²) in [7, 11) is 2.10. The fourth-order valence-electron chi connectivity index (χ4n) is 8.56. The van der Waals surface area contributed by atoms with E-state index < -0.39 is 87.0 Å². The number of ether oxygens (including phenoxy) is 3. The molecule has 0 spiro atoms. The predicted octanol–water partition coefficient (Wildman–Crippen LogP) is 1.15. The van der Waals surface area contributed by atoms with Gasteiger partial charge in [-0.1, -0.05) is 39.8 Å². The highest BCUT2D eigenvalue weighted by atomic mass is 16.6. The molecule has 3 N–H and O–H groups in total. The van der Waals surface area contributed by atoms with Gasteiger partial charge < -0.3 is 29.5 Å². The Morgan fingerprint density at radius 2 is 1.52 bits per heavy atom. The number of methoxy groups -OCH3 is 2. The summed E-state index contributed by atoms with van der Waals surface area (Å²) in [6, 6.07) is 0. The van der Waals surface area contributed by atoms with Crippen LogP contribution in [0.1, 0.15) is 61.3 Å². The van der Waals surface area contributed by atoms with Crippen LogP contribution in [-0.4, -0.2) is 82.9 Å². The van der Waals surface area contributed by atoms with Crippen LogP contribution < -0.4 is 0 Å². The summed E-state index contributed by atoms with van der Waals surface area (Å²) in [6.07, 6.45) is -4.49. The normalized spacial score (nSPS) is 42.0. The first-order chi connectivity index (χ1) is 18.1. The van der Waals surface area contributed by atoms with Crippen LogP contribution >= 0.6 is 0 Å². The number of carbonyl (C=O) groups excluding carboxylic acids is 5. The Kier molecular flexibility index (Phi) is 7.76. The Morgan fingerprint density at radius 3 is 2.00 bits per heavy atom. The van der Waals surface area contributed by atoms with Crippen LogP contribution in [0, 0.1) is 39.4 Å². The van der Waals surface area contributed by atoms with E-state index in [1.54, 1.807) is 27.7 Å². The molecule has 40 heavy (non-hydrogen) atoms. The number of rotatable bonds is 5. The number of Topliss-reactive ketones (excluding diaryl/α,β-unsaturated/α-hetero) is 2. The second-order valence-electron chi connectivity index (χ2n) is 13.0. The summed E-state index contributed by atoms with van der Waals surface area (Å²) >= 11 is 0. The first kappa shape index (κ1) is 31.9. The number of hydrogen-bond donors (Lipinski definition) is 3. The van der Waals surface area contributed by atoms with E-state index in [1.807, 2.05) is 0 Å². The van der Waals surface area contributed by atoms with Crippen molar-refractivity contribution in [1.82, 2.24) is 0 Å². The van der Waals surface area contributed by atoms with Crippen LogP contribution in [0.3, 0.4) is 0 Å². The molecule has 3 aliphatic carbocycles. The van der Waals surface area contributed by atoms with Crippen molar-refractivity contribution >= 4 is 29.5 Å². The topological polar surface area (TPSA) is 174 Å². The molecule has 3 fully saturated rings. The number of fused-ring (bicyclic) bond motifs is 3. The molecule has 10 unspecified atom stereocenters. The van der Waals surface area contributed by atoms with E-state index in [4.69, 9.17) is 9.47 Å². The Bertz CT molecular complexity index is 1150. The highest BCUT2D eigenvalue weighted by molar-refractivity contribution is 6.11. The monoisotopic (exact) mass is 566 g/mol. The molecule has 0 bridgehead atoms. The molecule has 0 amide bonds. The maximum absolute atomic E-state index is 14.1. The van der Waals surface area contributed by atoms with Crippen LogP contribution in [0.2, 0.25) is 0 Å². The summed E-state index contributed by atoms with van der Waals surface area (Å²) in [5, 5.41) is 34.7. The number of aliphatic hydroxyl groups is 3. The van der Waals surface area contributed by atoms with Crippen molar-refractivity contribution in [2.45, 2.75) is 85.2 Å². The van der Waals surface area contributed by atoms with E-state index in [-0.39, 0.29) is 24.2 Å². The van der Waals surface area contributed by atoms with Gasteiger partial charge in [-0.2, -0.15) is 0 Å². The van der Waals surface area contributed by atoms with Crippen LogP contribution in [0.5, 0.6) is 0 Å². The second kappa shape index (κ2) is 9.73. The molecule has 0 aliphatic heterocycles. The lowest BCUT2D eigenvalue weighted by Gasteiger charge is -2.70. The maximum atomic E-state index is 14.1. The Balaban J connectivity index is 2.41. The average molecular weight is 567 g/mol. The molecule has 0 heterocycles. The van der Waals surface area contributed by atoms with Gasteiger partial charge in [-0.25, -0.2) is 4.79 Å². The summed E-state index contributed by atoms with van der Waals surface area (Å²) in [5.74, 6) is -7.52. The summed E-state index contributed by atoms with van der Waals surface area (Å²) < 4.78 is 15.5. The van der Waals surface area contributed by atoms with E-state index in [9.17, 15) is 39.3 Å². The summed E-state index contributed by atoms with van der Waals surface area (Å²) in [4.78, 5) is 65.8. The van der Waals surface area contributed by atoms with Gasteiger partial charge in [0, 0.05) is 35.5 Å². The predicted molar refractivity (Wildman–Crippen MR) is 139 cm³/mol. The number of esters is 3. The smallest absolute Gasteiger partial charge is 0.345 e. The molecule has 0 saturated heterocycles. The third-order valence-corrected chi connectivity index (χ3v) is 10.7. The molecule has 0 radical (unpaired) electrons. The van der Waals surface area contributed by atoms with Gasteiger partial charge in [-0.15, -0.1) is 0 Å². The van der Waals surface area contributed by atoms with E-state index >= 15 is 0 Å². The summed E-state index contributed by atoms with van der Waals surface area (Å²) in [5.41, 5.74) is -8.51. The van der Waals surface area contributed by atoms with Crippen LogP contribution in [0.4, 0.5) is 0 Å². The molecular formula is C29H42O11. The quantitative estimate of drug-likeness (QED) is 0.188. The number of aliphatic hydroxyl groups excluding tert-OH is 2. The Morgan fingerprint density at radius 1 is 0.975 bits per heavy atom. The lowest BCUT2D eigenvalue weighted by atomic mass is 9.34. The van der Waals surface area contributed by atoms with Crippen LogP contribution in [0.15, 0.2) is 12.2 Å².